The number of likely N-dealkylation sites (N-methyl/N-ethyl adjacent to an activating group) is 1. The average Bonchev–Trinajstić information content (AvgIpc) is 2.41. The largest absolute Gasteiger partial charge is 0.496 e. The maximum Gasteiger partial charge on any atom is 0.122 e. The molecule has 0 heterocycles. The molecule has 1 rings (SSSR count). The van der Waals surface area contributed by atoms with Crippen molar-refractivity contribution in [3.05, 3.63) is 29.8 Å². The molecule has 3 heteroatoms. The van der Waals surface area contributed by atoms with Crippen LogP contribution in [0.5, 0.6) is 5.75 Å². The smallest absolute Gasteiger partial charge is 0.122 e. The first-order valence-electron chi connectivity index (χ1n) is 6.79. The second-order valence-electron chi connectivity index (χ2n) is 4.62. The van der Waals surface area contributed by atoms with Gasteiger partial charge in [0.05, 0.1) is 7.11 Å². The first-order valence-corrected chi connectivity index (χ1v) is 6.79. The molecule has 0 saturated carbocycles. The predicted molar refractivity (Wildman–Crippen MR) is 77.4 cm³/mol. The lowest BCUT2D eigenvalue weighted by molar-refractivity contribution is 0.332. The summed E-state index contributed by atoms with van der Waals surface area (Å²) in [6.45, 7) is 6.53. The monoisotopic (exact) mass is 250 g/mol. The lowest BCUT2D eigenvalue weighted by atomic mass is 10.1. The number of para-hydroxylation sites is 1. The van der Waals surface area contributed by atoms with E-state index in [1.165, 1.54) is 12.0 Å². The number of ether oxygens (including phenoxy) is 1. The molecular formula is C15H26N2O. The molecule has 0 bridgehead atoms. The van der Waals surface area contributed by atoms with Crippen LogP contribution in [0.2, 0.25) is 0 Å². The van der Waals surface area contributed by atoms with Gasteiger partial charge in [-0.1, -0.05) is 25.1 Å². The minimum Gasteiger partial charge on any atom is -0.496 e. The van der Waals surface area contributed by atoms with Crippen LogP contribution in [0.3, 0.4) is 0 Å². The minimum absolute atomic E-state index is 0.995. The minimum atomic E-state index is 0.995. The molecule has 1 aromatic rings. The number of nitrogens with one attached hydrogen (secondary N) is 1. The molecule has 0 unspecified atom stereocenters. The summed E-state index contributed by atoms with van der Waals surface area (Å²) in [6.07, 6.45) is 2.24. The average molecular weight is 250 g/mol. The third-order valence-corrected chi connectivity index (χ3v) is 3.05. The summed E-state index contributed by atoms with van der Waals surface area (Å²) in [5.41, 5.74) is 1.29. The molecule has 0 aliphatic rings. The summed E-state index contributed by atoms with van der Waals surface area (Å²) in [6, 6.07) is 8.25. The fourth-order valence-corrected chi connectivity index (χ4v) is 1.90. The van der Waals surface area contributed by atoms with Gasteiger partial charge in [0.15, 0.2) is 0 Å². The molecule has 102 valence electrons. The van der Waals surface area contributed by atoms with Crippen molar-refractivity contribution in [1.29, 1.82) is 0 Å². The van der Waals surface area contributed by atoms with E-state index in [1.54, 1.807) is 7.11 Å². The maximum atomic E-state index is 5.36. The molecule has 18 heavy (non-hydrogen) atoms. The van der Waals surface area contributed by atoms with Crippen LogP contribution in [0, 0.1) is 0 Å². The standard InChI is InChI=1S/C15H26N2O/c1-4-10-16-11-13-17(2)12-9-14-7-5-6-8-15(14)18-3/h5-8,16H,4,9-13H2,1-3H3. The molecular weight excluding hydrogens is 224 g/mol. The summed E-state index contributed by atoms with van der Waals surface area (Å²) in [7, 11) is 3.90. The second kappa shape index (κ2) is 8.95. The number of rotatable bonds is 9. The van der Waals surface area contributed by atoms with E-state index < -0.39 is 0 Å². The van der Waals surface area contributed by atoms with Gasteiger partial charge >= 0.3 is 0 Å². The quantitative estimate of drug-likeness (QED) is 0.680. The van der Waals surface area contributed by atoms with Crippen LogP contribution in [-0.4, -0.2) is 45.2 Å². The van der Waals surface area contributed by atoms with Crippen LogP contribution in [0.25, 0.3) is 0 Å². The highest BCUT2D eigenvalue weighted by atomic mass is 16.5. The zero-order valence-corrected chi connectivity index (χ0v) is 11.9. The third kappa shape index (κ3) is 5.52. The Morgan fingerprint density at radius 3 is 2.67 bits per heavy atom. The lowest BCUT2D eigenvalue weighted by Gasteiger charge is -2.17. The highest BCUT2D eigenvalue weighted by Gasteiger charge is 2.03. The third-order valence-electron chi connectivity index (χ3n) is 3.05. The van der Waals surface area contributed by atoms with E-state index in [2.05, 4.69) is 36.3 Å². The van der Waals surface area contributed by atoms with Crippen molar-refractivity contribution in [3.63, 3.8) is 0 Å². The summed E-state index contributed by atoms with van der Waals surface area (Å²) < 4.78 is 5.36. The molecule has 0 aliphatic carbocycles. The Morgan fingerprint density at radius 2 is 1.94 bits per heavy atom. The van der Waals surface area contributed by atoms with Gasteiger partial charge in [0.1, 0.15) is 5.75 Å². The molecule has 0 fully saturated rings. The van der Waals surface area contributed by atoms with E-state index in [1.807, 2.05) is 12.1 Å². The van der Waals surface area contributed by atoms with E-state index >= 15 is 0 Å². The van der Waals surface area contributed by atoms with E-state index in [0.717, 1.165) is 38.3 Å². The summed E-state index contributed by atoms with van der Waals surface area (Å²) in [5.74, 6) is 0.995. The van der Waals surface area contributed by atoms with E-state index in [0.29, 0.717) is 0 Å². The molecule has 0 aromatic heterocycles. The highest BCUT2D eigenvalue weighted by Crippen LogP contribution is 2.17. The van der Waals surface area contributed by atoms with Crippen molar-refractivity contribution in [2.75, 3.05) is 40.3 Å². The topological polar surface area (TPSA) is 24.5 Å². The summed E-state index contributed by atoms with van der Waals surface area (Å²) in [5, 5.41) is 3.42. The number of methoxy groups -OCH3 is 1. The van der Waals surface area contributed by atoms with Gasteiger partial charge in [-0.2, -0.15) is 0 Å². The number of benzene rings is 1. The van der Waals surface area contributed by atoms with Gasteiger partial charge < -0.3 is 15.0 Å². The van der Waals surface area contributed by atoms with Crippen molar-refractivity contribution in [3.8, 4) is 5.75 Å². The Labute approximate surface area is 111 Å². The zero-order chi connectivity index (χ0) is 13.2. The molecule has 0 aliphatic heterocycles. The molecule has 1 aromatic carbocycles. The lowest BCUT2D eigenvalue weighted by Crippen LogP contribution is -2.31. The van der Waals surface area contributed by atoms with Gasteiger partial charge in [-0.05, 0) is 38.1 Å². The maximum absolute atomic E-state index is 5.36. The van der Waals surface area contributed by atoms with Crippen molar-refractivity contribution < 1.29 is 4.74 Å². The molecule has 3 nitrogen and oxygen atoms in total. The second-order valence-corrected chi connectivity index (χ2v) is 4.62. The Kier molecular flexibility index (Phi) is 7.46. The number of hydrogen-bond donors (Lipinski definition) is 1. The van der Waals surface area contributed by atoms with Crippen molar-refractivity contribution in [1.82, 2.24) is 10.2 Å². The summed E-state index contributed by atoms with van der Waals surface area (Å²) >= 11 is 0. The van der Waals surface area contributed by atoms with Crippen LogP contribution < -0.4 is 10.1 Å². The molecule has 0 spiro atoms. The number of hydrogen-bond acceptors (Lipinski definition) is 3. The Morgan fingerprint density at radius 1 is 1.17 bits per heavy atom. The Hall–Kier alpha value is -1.06. The predicted octanol–water partition coefficient (Wildman–Crippen LogP) is 2.17. The van der Waals surface area contributed by atoms with E-state index in [-0.39, 0.29) is 0 Å². The fraction of sp³-hybridized carbons (Fsp3) is 0.600. The summed E-state index contributed by atoms with van der Waals surface area (Å²) in [4.78, 5) is 2.36. The van der Waals surface area contributed by atoms with E-state index in [4.69, 9.17) is 4.74 Å². The van der Waals surface area contributed by atoms with Gasteiger partial charge in [-0.25, -0.2) is 0 Å². The first-order chi connectivity index (χ1) is 8.77. The Bertz CT molecular complexity index is 328. The van der Waals surface area contributed by atoms with Crippen molar-refractivity contribution in [2.45, 2.75) is 19.8 Å². The molecule has 0 amide bonds. The van der Waals surface area contributed by atoms with Crippen LogP contribution in [0.1, 0.15) is 18.9 Å². The first kappa shape index (κ1) is 15.0. The van der Waals surface area contributed by atoms with Crippen LogP contribution in [0.15, 0.2) is 24.3 Å². The molecule has 0 radical (unpaired) electrons. The number of nitrogens with zero attached hydrogens (tertiary/aromatic N) is 1. The Balaban J connectivity index is 2.26. The van der Waals surface area contributed by atoms with Gasteiger partial charge in [0.25, 0.3) is 0 Å². The normalized spacial score (nSPS) is 10.9. The molecule has 0 saturated heterocycles. The fourth-order valence-electron chi connectivity index (χ4n) is 1.90. The van der Waals surface area contributed by atoms with Crippen LogP contribution >= 0.6 is 0 Å². The zero-order valence-electron chi connectivity index (χ0n) is 11.9. The van der Waals surface area contributed by atoms with E-state index in [9.17, 15) is 0 Å². The SMILES string of the molecule is CCCNCCN(C)CCc1ccccc1OC. The van der Waals surface area contributed by atoms with Crippen LogP contribution in [-0.2, 0) is 6.42 Å². The van der Waals surface area contributed by atoms with Gasteiger partial charge in [0, 0.05) is 19.6 Å². The highest BCUT2D eigenvalue weighted by molar-refractivity contribution is 5.33. The van der Waals surface area contributed by atoms with Gasteiger partial charge in [-0.3, -0.25) is 0 Å². The van der Waals surface area contributed by atoms with Gasteiger partial charge in [0.2, 0.25) is 0 Å². The van der Waals surface area contributed by atoms with Crippen molar-refractivity contribution in [2.24, 2.45) is 0 Å². The van der Waals surface area contributed by atoms with Gasteiger partial charge in [-0.15, -0.1) is 0 Å². The molecule has 0 atom stereocenters. The van der Waals surface area contributed by atoms with Crippen molar-refractivity contribution >= 4 is 0 Å². The van der Waals surface area contributed by atoms with Crippen LogP contribution in [0.4, 0.5) is 0 Å². The molecule has 1 N–H and O–H groups in total.